The second-order valence-corrected chi connectivity index (χ2v) is 5.12. The molecule has 0 amide bonds. The Hall–Kier alpha value is -0.990. The first-order valence-electron chi connectivity index (χ1n) is 5.37. The third kappa shape index (κ3) is 1.76. The van der Waals surface area contributed by atoms with Crippen LogP contribution in [0.5, 0.6) is 0 Å². The summed E-state index contributed by atoms with van der Waals surface area (Å²) in [5, 5.41) is 4.30. The summed E-state index contributed by atoms with van der Waals surface area (Å²) in [5.74, 6) is 0.799. The Morgan fingerprint density at radius 3 is 2.93 bits per heavy atom. The molecule has 1 aliphatic rings. The molecule has 0 saturated heterocycles. The topological polar surface area (TPSA) is 43.8 Å². The third-order valence-corrected chi connectivity index (χ3v) is 3.23. The number of rotatable bonds is 1. The molecule has 3 heteroatoms. The zero-order valence-electron chi connectivity index (χ0n) is 9.03. The van der Waals surface area contributed by atoms with E-state index in [4.69, 9.17) is 5.73 Å². The number of aromatic nitrogens is 2. The van der Waals surface area contributed by atoms with Crippen LogP contribution >= 0.6 is 0 Å². The molecule has 2 rings (SSSR count). The van der Waals surface area contributed by atoms with E-state index < -0.39 is 0 Å². The van der Waals surface area contributed by atoms with Crippen LogP contribution in [0.25, 0.3) is 0 Å². The fourth-order valence-corrected chi connectivity index (χ4v) is 2.50. The predicted molar refractivity (Wildman–Crippen MR) is 57.9 cm³/mol. The molecule has 0 aromatic carbocycles. The zero-order valence-corrected chi connectivity index (χ0v) is 9.03. The molecular weight excluding hydrogens is 174 g/mol. The summed E-state index contributed by atoms with van der Waals surface area (Å²) < 4.78 is 1.99. The SMILES string of the molecule is CC1(C)CCCC(n2nccc2N)C1. The molecule has 3 nitrogen and oxygen atoms in total. The Labute approximate surface area is 85.3 Å². The van der Waals surface area contributed by atoms with Crippen molar-refractivity contribution >= 4 is 5.82 Å². The molecule has 78 valence electrons. The molecule has 2 N–H and O–H groups in total. The van der Waals surface area contributed by atoms with Gasteiger partial charge in [-0.15, -0.1) is 0 Å². The van der Waals surface area contributed by atoms with E-state index in [2.05, 4.69) is 18.9 Å². The molecular formula is C11H19N3. The second kappa shape index (κ2) is 3.30. The van der Waals surface area contributed by atoms with Crippen LogP contribution in [-0.2, 0) is 0 Å². The molecule has 1 aromatic rings. The molecule has 14 heavy (non-hydrogen) atoms. The number of nitrogens with two attached hydrogens (primary N) is 1. The number of anilines is 1. The monoisotopic (exact) mass is 193 g/mol. The van der Waals surface area contributed by atoms with E-state index in [1.54, 1.807) is 6.20 Å². The average Bonchev–Trinajstić information content (AvgIpc) is 2.49. The lowest BCUT2D eigenvalue weighted by molar-refractivity contribution is 0.176. The summed E-state index contributed by atoms with van der Waals surface area (Å²) in [6.45, 7) is 4.66. The number of hydrogen-bond donors (Lipinski definition) is 1. The van der Waals surface area contributed by atoms with Gasteiger partial charge in [-0.25, -0.2) is 4.68 Å². The standard InChI is InChI=1S/C11H19N3/c1-11(2)6-3-4-9(8-11)14-10(12)5-7-13-14/h5,7,9H,3-4,6,8,12H2,1-2H3. The van der Waals surface area contributed by atoms with Crippen molar-refractivity contribution in [2.75, 3.05) is 5.73 Å². The van der Waals surface area contributed by atoms with E-state index in [0.29, 0.717) is 11.5 Å². The molecule has 1 aliphatic carbocycles. The minimum absolute atomic E-state index is 0.446. The van der Waals surface area contributed by atoms with Crippen LogP contribution in [0, 0.1) is 5.41 Å². The Morgan fingerprint density at radius 1 is 1.57 bits per heavy atom. The quantitative estimate of drug-likeness (QED) is 0.745. The lowest BCUT2D eigenvalue weighted by Crippen LogP contribution is -2.26. The summed E-state index contributed by atoms with van der Waals surface area (Å²) in [6.07, 6.45) is 6.81. The Kier molecular flexibility index (Phi) is 2.25. The largest absolute Gasteiger partial charge is 0.384 e. The van der Waals surface area contributed by atoms with Crippen LogP contribution in [-0.4, -0.2) is 9.78 Å². The first kappa shape index (κ1) is 9.56. The first-order valence-corrected chi connectivity index (χ1v) is 5.37. The molecule has 0 aliphatic heterocycles. The summed E-state index contributed by atoms with van der Waals surface area (Å²) in [4.78, 5) is 0. The summed E-state index contributed by atoms with van der Waals surface area (Å²) in [5.41, 5.74) is 6.31. The van der Waals surface area contributed by atoms with E-state index >= 15 is 0 Å². The van der Waals surface area contributed by atoms with E-state index in [9.17, 15) is 0 Å². The number of nitrogens with zero attached hydrogens (tertiary/aromatic N) is 2. The fraction of sp³-hybridized carbons (Fsp3) is 0.727. The molecule has 0 spiro atoms. The lowest BCUT2D eigenvalue weighted by Gasteiger charge is -2.35. The minimum Gasteiger partial charge on any atom is -0.384 e. The minimum atomic E-state index is 0.446. The van der Waals surface area contributed by atoms with Gasteiger partial charge in [-0.3, -0.25) is 0 Å². The molecule has 1 aromatic heterocycles. The highest BCUT2D eigenvalue weighted by atomic mass is 15.3. The van der Waals surface area contributed by atoms with Gasteiger partial charge in [-0.2, -0.15) is 5.10 Å². The van der Waals surface area contributed by atoms with Gasteiger partial charge in [0, 0.05) is 0 Å². The second-order valence-electron chi connectivity index (χ2n) is 5.12. The van der Waals surface area contributed by atoms with Crippen molar-refractivity contribution < 1.29 is 0 Å². The first-order chi connectivity index (χ1) is 6.58. The molecule has 1 unspecified atom stereocenters. The summed E-state index contributed by atoms with van der Waals surface area (Å²) in [7, 11) is 0. The zero-order chi connectivity index (χ0) is 10.2. The smallest absolute Gasteiger partial charge is 0.121 e. The van der Waals surface area contributed by atoms with Gasteiger partial charge in [0.1, 0.15) is 5.82 Å². The summed E-state index contributed by atoms with van der Waals surface area (Å²) >= 11 is 0. The van der Waals surface area contributed by atoms with E-state index in [1.165, 1.54) is 25.7 Å². The fourth-order valence-electron chi connectivity index (χ4n) is 2.50. The Bertz CT molecular complexity index is 314. The maximum Gasteiger partial charge on any atom is 0.121 e. The van der Waals surface area contributed by atoms with Crippen LogP contribution < -0.4 is 5.73 Å². The van der Waals surface area contributed by atoms with Crippen molar-refractivity contribution in [3.8, 4) is 0 Å². The predicted octanol–water partition coefficient (Wildman–Crippen LogP) is 2.61. The van der Waals surface area contributed by atoms with Crippen LogP contribution in [0.15, 0.2) is 12.3 Å². The average molecular weight is 193 g/mol. The molecule has 1 fully saturated rings. The van der Waals surface area contributed by atoms with Crippen molar-refractivity contribution in [2.45, 2.75) is 45.6 Å². The third-order valence-electron chi connectivity index (χ3n) is 3.23. The van der Waals surface area contributed by atoms with E-state index in [1.807, 2.05) is 10.7 Å². The van der Waals surface area contributed by atoms with E-state index in [0.717, 1.165) is 5.82 Å². The van der Waals surface area contributed by atoms with Crippen molar-refractivity contribution in [3.63, 3.8) is 0 Å². The van der Waals surface area contributed by atoms with Gasteiger partial charge in [-0.05, 0) is 30.7 Å². The highest BCUT2D eigenvalue weighted by Crippen LogP contribution is 2.41. The van der Waals surface area contributed by atoms with Crippen LogP contribution in [0.2, 0.25) is 0 Å². The molecule has 1 atom stereocenters. The van der Waals surface area contributed by atoms with Gasteiger partial charge in [0.15, 0.2) is 0 Å². The Balaban J connectivity index is 2.16. The lowest BCUT2D eigenvalue weighted by atomic mass is 9.75. The normalized spacial score (nSPS) is 26.3. The van der Waals surface area contributed by atoms with Gasteiger partial charge in [0.05, 0.1) is 12.2 Å². The summed E-state index contributed by atoms with van der Waals surface area (Å²) in [6, 6.07) is 2.38. The van der Waals surface area contributed by atoms with Crippen LogP contribution in [0.4, 0.5) is 5.82 Å². The molecule has 0 radical (unpaired) electrons. The van der Waals surface area contributed by atoms with Crippen molar-refractivity contribution in [1.82, 2.24) is 9.78 Å². The maximum absolute atomic E-state index is 5.86. The van der Waals surface area contributed by atoms with Gasteiger partial charge in [-0.1, -0.05) is 20.3 Å². The number of nitrogen functional groups attached to an aromatic ring is 1. The molecule has 1 heterocycles. The van der Waals surface area contributed by atoms with Crippen molar-refractivity contribution in [2.24, 2.45) is 5.41 Å². The maximum atomic E-state index is 5.86. The molecule has 0 bridgehead atoms. The van der Waals surface area contributed by atoms with Crippen molar-refractivity contribution in [1.29, 1.82) is 0 Å². The van der Waals surface area contributed by atoms with E-state index in [-0.39, 0.29) is 0 Å². The highest BCUT2D eigenvalue weighted by Gasteiger charge is 2.29. The van der Waals surface area contributed by atoms with Crippen LogP contribution in [0.1, 0.15) is 45.6 Å². The van der Waals surface area contributed by atoms with Gasteiger partial charge >= 0.3 is 0 Å². The Morgan fingerprint density at radius 2 is 2.36 bits per heavy atom. The molecule has 1 saturated carbocycles. The van der Waals surface area contributed by atoms with Crippen LogP contribution in [0.3, 0.4) is 0 Å². The number of hydrogen-bond acceptors (Lipinski definition) is 2. The van der Waals surface area contributed by atoms with Gasteiger partial charge in [0.25, 0.3) is 0 Å². The van der Waals surface area contributed by atoms with Gasteiger partial charge < -0.3 is 5.73 Å². The van der Waals surface area contributed by atoms with Gasteiger partial charge in [0.2, 0.25) is 0 Å². The highest BCUT2D eigenvalue weighted by molar-refractivity contribution is 5.26. The van der Waals surface area contributed by atoms with Crippen molar-refractivity contribution in [3.05, 3.63) is 12.3 Å².